The van der Waals surface area contributed by atoms with E-state index < -0.39 is 36.0 Å². The van der Waals surface area contributed by atoms with E-state index in [4.69, 9.17) is 25.4 Å². The highest BCUT2D eigenvalue weighted by Gasteiger charge is 2.58. The van der Waals surface area contributed by atoms with Gasteiger partial charge in [-0.15, -0.1) is 12.3 Å². The minimum atomic E-state index is -1.06. The summed E-state index contributed by atoms with van der Waals surface area (Å²) in [6.45, 7) is 4.73. The lowest BCUT2D eigenvalue weighted by Crippen LogP contribution is -2.46. The third-order valence-electron chi connectivity index (χ3n) is 4.29. The SMILES string of the molecule is C#CC[C@]1(CC)OC(OC(C)=O)[C@H](OC(C)=O)[C@@H]1OCc1ccccc1. The van der Waals surface area contributed by atoms with Crippen molar-refractivity contribution in [1.29, 1.82) is 0 Å². The first-order chi connectivity index (χ1) is 12.4. The normalized spacial score (nSPS) is 27.5. The van der Waals surface area contributed by atoms with Crippen LogP contribution in [0.2, 0.25) is 0 Å². The van der Waals surface area contributed by atoms with Gasteiger partial charge in [0.05, 0.1) is 6.61 Å². The molecule has 0 spiro atoms. The van der Waals surface area contributed by atoms with Gasteiger partial charge in [0, 0.05) is 20.3 Å². The summed E-state index contributed by atoms with van der Waals surface area (Å²) in [6, 6.07) is 9.58. The number of terminal acetylenes is 1. The Labute approximate surface area is 153 Å². The van der Waals surface area contributed by atoms with E-state index in [9.17, 15) is 9.59 Å². The van der Waals surface area contributed by atoms with Crippen molar-refractivity contribution in [3.05, 3.63) is 35.9 Å². The summed E-state index contributed by atoms with van der Waals surface area (Å²) >= 11 is 0. The van der Waals surface area contributed by atoms with Gasteiger partial charge >= 0.3 is 11.9 Å². The lowest BCUT2D eigenvalue weighted by Gasteiger charge is -2.32. The van der Waals surface area contributed by atoms with Crippen LogP contribution in [0.5, 0.6) is 0 Å². The van der Waals surface area contributed by atoms with Crippen LogP contribution in [0, 0.1) is 12.3 Å². The summed E-state index contributed by atoms with van der Waals surface area (Å²) in [5, 5.41) is 0. The van der Waals surface area contributed by atoms with E-state index in [2.05, 4.69) is 5.92 Å². The largest absolute Gasteiger partial charge is 0.453 e. The van der Waals surface area contributed by atoms with Crippen LogP contribution in [0.4, 0.5) is 0 Å². The van der Waals surface area contributed by atoms with E-state index in [0.29, 0.717) is 6.42 Å². The molecule has 0 amide bonds. The summed E-state index contributed by atoms with van der Waals surface area (Å²) < 4.78 is 22.7. The van der Waals surface area contributed by atoms with Gasteiger partial charge in [-0.1, -0.05) is 37.3 Å². The van der Waals surface area contributed by atoms with Crippen LogP contribution in [-0.4, -0.2) is 36.0 Å². The molecular formula is C20H24O6. The molecule has 1 aliphatic rings. The number of esters is 2. The van der Waals surface area contributed by atoms with Gasteiger partial charge in [-0.05, 0) is 12.0 Å². The minimum absolute atomic E-state index is 0.235. The Morgan fingerprint density at radius 3 is 2.38 bits per heavy atom. The molecule has 6 heteroatoms. The number of carbonyl (C=O) groups excluding carboxylic acids is 2. The van der Waals surface area contributed by atoms with Crippen LogP contribution in [0.3, 0.4) is 0 Å². The van der Waals surface area contributed by atoms with Gasteiger partial charge in [0.1, 0.15) is 11.7 Å². The zero-order chi connectivity index (χ0) is 19.2. The van der Waals surface area contributed by atoms with Crippen molar-refractivity contribution in [2.24, 2.45) is 0 Å². The maximum atomic E-state index is 11.6. The summed E-state index contributed by atoms with van der Waals surface area (Å²) in [5.41, 5.74) is 0.0414. The summed E-state index contributed by atoms with van der Waals surface area (Å²) in [6.07, 6.45) is 3.64. The molecule has 4 atom stereocenters. The first-order valence-electron chi connectivity index (χ1n) is 8.53. The molecule has 0 aliphatic carbocycles. The third-order valence-corrected chi connectivity index (χ3v) is 4.29. The standard InChI is InChI=1S/C20H24O6/c1-5-12-20(6-2)18(23-13-16-10-8-7-9-11-16)17(24-14(3)21)19(26-20)25-15(4)22/h1,7-11,17-19H,6,12-13H2,2-4H3/t17-,18+,19?,20+/m1/s1. The second kappa shape index (κ2) is 8.84. The van der Waals surface area contributed by atoms with Crippen LogP contribution in [0.15, 0.2) is 30.3 Å². The van der Waals surface area contributed by atoms with E-state index in [1.807, 2.05) is 37.3 Å². The van der Waals surface area contributed by atoms with Gasteiger partial charge < -0.3 is 18.9 Å². The number of hydrogen-bond donors (Lipinski definition) is 0. The van der Waals surface area contributed by atoms with E-state index in [1.165, 1.54) is 13.8 Å². The summed E-state index contributed by atoms with van der Waals surface area (Å²) in [7, 11) is 0. The monoisotopic (exact) mass is 360 g/mol. The Balaban J connectivity index is 2.31. The van der Waals surface area contributed by atoms with Crippen molar-refractivity contribution in [3.63, 3.8) is 0 Å². The van der Waals surface area contributed by atoms with Gasteiger partial charge in [0.2, 0.25) is 6.29 Å². The van der Waals surface area contributed by atoms with E-state index in [0.717, 1.165) is 5.56 Å². The Morgan fingerprint density at radius 1 is 1.19 bits per heavy atom. The maximum absolute atomic E-state index is 11.6. The van der Waals surface area contributed by atoms with Crippen molar-refractivity contribution in [2.75, 3.05) is 0 Å². The molecule has 140 valence electrons. The lowest BCUT2D eigenvalue weighted by molar-refractivity contribution is -0.204. The van der Waals surface area contributed by atoms with Crippen LogP contribution >= 0.6 is 0 Å². The smallest absolute Gasteiger partial charge is 0.305 e. The molecule has 0 saturated carbocycles. The average Bonchev–Trinajstić information content (AvgIpc) is 2.86. The van der Waals surface area contributed by atoms with Gasteiger partial charge in [-0.3, -0.25) is 9.59 Å². The molecular weight excluding hydrogens is 336 g/mol. The fourth-order valence-electron chi connectivity index (χ4n) is 3.10. The number of ether oxygens (including phenoxy) is 4. The molecule has 0 bridgehead atoms. The number of hydrogen-bond acceptors (Lipinski definition) is 6. The average molecular weight is 360 g/mol. The zero-order valence-corrected chi connectivity index (χ0v) is 15.3. The maximum Gasteiger partial charge on any atom is 0.305 e. The fourth-order valence-corrected chi connectivity index (χ4v) is 3.10. The highest BCUT2D eigenvalue weighted by molar-refractivity contribution is 5.67. The van der Waals surface area contributed by atoms with Crippen molar-refractivity contribution >= 4 is 11.9 Å². The Bertz CT molecular complexity index is 665. The van der Waals surface area contributed by atoms with Crippen molar-refractivity contribution in [2.45, 2.75) is 64.3 Å². The van der Waals surface area contributed by atoms with E-state index in [1.54, 1.807) is 0 Å². The van der Waals surface area contributed by atoms with Crippen LogP contribution in [0.25, 0.3) is 0 Å². The minimum Gasteiger partial charge on any atom is -0.453 e. The van der Waals surface area contributed by atoms with Crippen molar-refractivity contribution < 1.29 is 28.5 Å². The Kier molecular flexibility index (Phi) is 6.78. The highest BCUT2D eigenvalue weighted by atomic mass is 16.7. The van der Waals surface area contributed by atoms with E-state index >= 15 is 0 Å². The first kappa shape index (κ1) is 20.0. The number of benzene rings is 1. The molecule has 1 saturated heterocycles. The molecule has 1 heterocycles. The molecule has 1 fully saturated rings. The fraction of sp³-hybridized carbons (Fsp3) is 0.500. The highest BCUT2D eigenvalue weighted by Crippen LogP contribution is 2.41. The Hall–Kier alpha value is -2.36. The lowest BCUT2D eigenvalue weighted by atomic mass is 9.89. The third kappa shape index (κ3) is 4.63. The number of carbonyl (C=O) groups is 2. The van der Waals surface area contributed by atoms with Gasteiger partial charge in [-0.25, -0.2) is 0 Å². The zero-order valence-electron chi connectivity index (χ0n) is 15.3. The topological polar surface area (TPSA) is 71.1 Å². The molecule has 0 N–H and O–H groups in total. The van der Waals surface area contributed by atoms with Gasteiger partial charge in [-0.2, -0.15) is 0 Å². The van der Waals surface area contributed by atoms with Crippen LogP contribution in [0.1, 0.15) is 39.2 Å². The van der Waals surface area contributed by atoms with Crippen LogP contribution < -0.4 is 0 Å². The number of rotatable bonds is 7. The predicted molar refractivity (Wildman–Crippen MR) is 93.7 cm³/mol. The summed E-state index contributed by atoms with van der Waals surface area (Å²) in [5.74, 6) is 1.53. The van der Waals surface area contributed by atoms with Crippen LogP contribution in [-0.2, 0) is 35.1 Å². The Morgan fingerprint density at radius 2 is 1.85 bits per heavy atom. The molecule has 1 aromatic carbocycles. The van der Waals surface area contributed by atoms with Gasteiger partial charge in [0.25, 0.3) is 0 Å². The molecule has 1 aliphatic heterocycles. The molecule has 0 radical (unpaired) electrons. The predicted octanol–water partition coefficient (Wildman–Crippen LogP) is 2.60. The van der Waals surface area contributed by atoms with Crippen molar-refractivity contribution in [1.82, 2.24) is 0 Å². The van der Waals surface area contributed by atoms with E-state index in [-0.39, 0.29) is 13.0 Å². The second-order valence-corrected chi connectivity index (χ2v) is 6.19. The molecule has 1 unspecified atom stereocenters. The van der Waals surface area contributed by atoms with Gasteiger partial charge in [0.15, 0.2) is 6.10 Å². The second-order valence-electron chi connectivity index (χ2n) is 6.19. The molecule has 1 aromatic rings. The molecule has 26 heavy (non-hydrogen) atoms. The quantitative estimate of drug-likeness (QED) is 0.550. The molecule has 2 rings (SSSR count). The first-order valence-corrected chi connectivity index (χ1v) is 8.53. The molecule has 0 aromatic heterocycles. The summed E-state index contributed by atoms with van der Waals surface area (Å²) in [4.78, 5) is 23.0. The van der Waals surface area contributed by atoms with Crippen molar-refractivity contribution in [3.8, 4) is 12.3 Å². The molecule has 6 nitrogen and oxygen atoms in total.